The van der Waals surface area contributed by atoms with E-state index >= 15 is 0 Å². The molecule has 2 nitrogen and oxygen atoms in total. The van der Waals surface area contributed by atoms with Crippen molar-refractivity contribution in [1.29, 1.82) is 0 Å². The molecule has 0 aliphatic heterocycles. The molecule has 0 saturated heterocycles. The third kappa shape index (κ3) is 3.28. The summed E-state index contributed by atoms with van der Waals surface area (Å²) in [7, 11) is 0. The quantitative estimate of drug-likeness (QED) is 0.707. The van der Waals surface area contributed by atoms with Gasteiger partial charge < -0.3 is 10.8 Å². The molecule has 0 aromatic carbocycles. The summed E-state index contributed by atoms with van der Waals surface area (Å²) in [5.41, 5.74) is 5.98. The lowest BCUT2D eigenvalue weighted by atomic mass is 9.69. The molecular weight excluding hydrogens is 162 g/mol. The van der Waals surface area contributed by atoms with Crippen LogP contribution in [0.15, 0.2) is 0 Å². The first-order valence-corrected chi connectivity index (χ1v) is 5.37. The molecule has 78 valence electrons. The molecule has 0 aromatic rings. The fraction of sp³-hybridized carbons (Fsp3) is 1.00. The average Bonchev–Trinajstić information content (AvgIpc) is 2.04. The second-order valence-corrected chi connectivity index (χ2v) is 5.36. The SMILES string of the molecule is CC(N)(CO)CC1(C)CCCCC1. The van der Waals surface area contributed by atoms with Crippen molar-refractivity contribution in [1.82, 2.24) is 0 Å². The Morgan fingerprint density at radius 1 is 1.31 bits per heavy atom. The fourth-order valence-electron chi connectivity index (χ4n) is 2.61. The van der Waals surface area contributed by atoms with E-state index in [0.717, 1.165) is 6.42 Å². The Bertz CT molecular complexity index is 159. The van der Waals surface area contributed by atoms with Crippen LogP contribution in [0, 0.1) is 5.41 Å². The van der Waals surface area contributed by atoms with Gasteiger partial charge in [-0.15, -0.1) is 0 Å². The van der Waals surface area contributed by atoms with Crippen molar-refractivity contribution in [3.8, 4) is 0 Å². The summed E-state index contributed by atoms with van der Waals surface area (Å²) in [4.78, 5) is 0. The summed E-state index contributed by atoms with van der Waals surface area (Å²) < 4.78 is 0. The van der Waals surface area contributed by atoms with Crippen molar-refractivity contribution in [2.45, 2.75) is 57.9 Å². The smallest absolute Gasteiger partial charge is 0.0608 e. The summed E-state index contributed by atoms with van der Waals surface area (Å²) in [5, 5.41) is 9.11. The molecule has 13 heavy (non-hydrogen) atoms. The van der Waals surface area contributed by atoms with Gasteiger partial charge >= 0.3 is 0 Å². The zero-order chi connectivity index (χ0) is 9.95. The van der Waals surface area contributed by atoms with E-state index in [-0.39, 0.29) is 12.1 Å². The number of rotatable bonds is 3. The van der Waals surface area contributed by atoms with Gasteiger partial charge in [-0.3, -0.25) is 0 Å². The van der Waals surface area contributed by atoms with Crippen LogP contribution < -0.4 is 5.73 Å². The van der Waals surface area contributed by atoms with Crippen LogP contribution >= 0.6 is 0 Å². The molecule has 1 atom stereocenters. The van der Waals surface area contributed by atoms with Gasteiger partial charge in [0, 0.05) is 5.54 Å². The molecule has 0 aromatic heterocycles. The molecule has 0 spiro atoms. The lowest BCUT2D eigenvalue weighted by molar-refractivity contribution is 0.112. The summed E-state index contributed by atoms with van der Waals surface area (Å²) >= 11 is 0. The fourth-order valence-corrected chi connectivity index (χ4v) is 2.61. The zero-order valence-electron chi connectivity index (χ0n) is 8.97. The van der Waals surface area contributed by atoms with Crippen LogP contribution in [0.2, 0.25) is 0 Å². The molecule has 0 radical (unpaired) electrons. The van der Waals surface area contributed by atoms with Crippen molar-refractivity contribution in [2.24, 2.45) is 11.1 Å². The standard InChI is InChI=1S/C11H23NO/c1-10(6-4-3-5-7-10)8-11(2,12)9-13/h13H,3-9,12H2,1-2H3. The first kappa shape index (κ1) is 11.0. The number of hydrogen-bond donors (Lipinski definition) is 2. The van der Waals surface area contributed by atoms with Gasteiger partial charge in [-0.25, -0.2) is 0 Å². The highest BCUT2D eigenvalue weighted by Gasteiger charge is 2.33. The third-order valence-electron chi connectivity index (χ3n) is 3.25. The zero-order valence-corrected chi connectivity index (χ0v) is 8.97. The van der Waals surface area contributed by atoms with Crippen LogP contribution in [-0.2, 0) is 0 Å². The van der Waals surface area contributed by atoms with Crippen LogP contribution in [0.25, 0.3) is 0 Å². The van der Waals surface area contributed by atoms with Gasteiger partial charge in [0.15, 0.2) is 0 Å². The van der Waals surface area contributed by atoms with Crippen LogP contribution in [-0.4, -0.2) is 17.3 Å². The first-order chi connectivity index (χ1) is 5.97. The molecule has 1 aliphatic rings. The second kappa shape index (κ2) is 3.97. The van der Waals surface area contributed by atoms with Gasteiger partial charge in [-0.2, -0.15) is 0 Å². The Labute approximate surface area is 81.5 Å². The van der Waals surface area contributed by atoms with E-state index in [1.165, 1.54) is 32.1 Å². The van der Waals surface area contributed by atoms with Crippen molar-refractivity contribution < 1.29 is 5.11 Å². The van der Waals surface area contributed by atoms with Gasteiger partial charge in [0.25, 0.3) is 0 Å². The maximum Gasteiger partial charge on any atom is 0.0608 e. The van der Waals surface area contributed by atoms with Crippen LogP contribution in [0.5, 0.6) is 0 Å². The van der Waals surface area contributed by atoms with Crippen LogP contribution in [0.4, 0.5) is 0 Å². The summed E-state index contributed by atoms with van der Waals surface area (Å²) in [6.07, 6.45) is 7.54. The van der Waals surface area contributed by atoms with E-state index in [1.807, 2.05) is 6.92 Å². The van der Waals surface area contributed by atoms with Crippen molar-refractivity contribution in [3.05, 3.63) is 0 Å². The Balaban J connectivity index is 2.49. The highest BCUT2D eigenvalue weighted by molar-refractivity contribution is 4.89. The molecule has 1 fully saturated rings. The number of aliphatic hydroxyl groups excluding tert-OH is 1. The number of nitrogens with two attached hydrogens (primary N) is 1. The van der Waals surface area contributed by atoms with Crippen LogP contribution in [0.3, 0.4) is 0 Å². The molecule has 3 N–H and O–H groups in total. The summed E-state index contributed by atoms with van der Waals surface area (Å²) in [6.45, 7) is 4.36. The molecule has 1 saturated carbocycles. The minimum atomic E-state index is -0.383. The Morgan fingerprint density at radius 2 is 1.85 bits per heavy atom. The van der Waals surface area contributed by atoms with E-state index in [1.54, 1.807) is 0 Å². The van der Waals surface area contributed by atoms with Gasteiger partial charge in [0.05, 0.1) is 6.61 Å². The first-order valence-electron chi connectivity index (χ1n) is 5.37. The lowest BCUT2D eigenvalue weighted by Gasteiger charge is -2.39. The Hall–Kier alpha value is -0.0800. The predicted octanol–water partition coefficient (Wildman–Crippen LogP) is 2.06. The molecule has 0 heterocycles. The highest BCUT2D eigenvalue weighted by Crippen LogP contribution is 2.41. The highest BCUT2D eigenvalue weighted by atomic mass is 16.3. The van der Waals surface area contributed by atoms with E-state index in [0.29, 0.717) is 5.41 Å². The topological polar surface area (TPSA) is 46.2 Å². The maximum absolute atomic E-state index is 9.11. The lowest BCUT2D eigenvalue weighted by Crippen LogP contribution is -2.45. The minimum Gasteiger partial charge on any atom is -0.394 e. The van der Waals surface area contributed by atoms with E-state index in [2.05, 4.69) is 6.92 Å². The van der Waals surface area contributed by atoms with E-state index in [4.69, 9.17) is 10.8 Å². The van der Waals surface area contributed by atoms with Gasteiger partial charge in [-0.05, 0) is 31.6 Å². The molecular formula is C11H23NO. The monoisotopic (exact) mass is 185 g/mol. The molecule has 1 aliphatic carbocycles. The summed E-state index contributed by atoms with van der Waals surface area (Å²) in [6, 6.07) is 0. The van der Waals surface area contributed by atoms with Gasteiger partial charge in [0.2, 0.25) is 0 Å². The molecule has 0 amide bonds. The maximum atomic E-state index is 9.11. The largest absolute Gasteiger partial charge is 0.394 e. The molecule has 2 heteroatoms. The van der Waals surface area contributed by atoms with E-state index in [9.17, 15) is 0 Å². The number of hydrogen-bond acceptors (Lipinski definition) is 2. The van der Waals surface area contributed by atoms with E-state index < -0.39 is 0 Å². The number of aliphatic hydroxyl groups is 1. The van der Waals surface area contributed by atoms with Crippen molar-refractivity contribution in [3.63, 3.8) is 0 Å². The summed E-state index contributed by atoms with van der Waals surface area (Å²) in [5.74, 6) is 0. The normalized spacial score (nSPS) is 26.8. The van der Waals surface area contributed by atoms with Crippen LogP contribution in [0.1, 0.15) is 52.4 Å². The molecule has 0 bridgehead atoms. The molecule has 1 rings (SSSR count). The minimum absolute atomic E-state index is 0.0998. The Morgan fingerprint density at radius 3 is 2.31 bits per heavy atom. The second-order valence-electron chi connectivity index (χ2n) is 5.36. The Kier molecular flexibility index (Phi) is 3.36. The average molecular weight is 185 g/mol. The van der Waals surface area contributed by atoms with Crippen molar-refractivity contribution >= 4 is 0 Å². The van der Waals surface area contributed by atoms with Crippen molar-refractivity contribution in [2.75, 3.05) is 6.61 Å². The third-order valence-corrected chi connectivity index (χ3v) is 3.25. The molecule has 1 unspecified atom stereocenters. The predicted molar refractivity (Wildman–Crippen MR) is 55.5 cm³/mol. The van der Waals surface area contributed by atoms with Gasteiger partial charge in [-0.1, -0.05) is 26.2 Å². The van der Waals surface area contributed by atoms with Gasteiger partial charge in [0.1, 0.15) is 0 Å².